The van der Waals surface area contributed by atoms with Crippen molar-refractivity contribution in [3.8, 4) is 5.75 Å². The number of carbonyl (C=O) groups is 3. The highest BCUT2D eigenvalue weighted by molar-refractivity contribution is 5.95. The van der Waals surface area contributed by atoms with E-state index in [1.165, 1.54) is 6.92 Å². The summed E-state index contributed by atoms with van der Waals surface area (Å²) < 4.78 is 5.42. The summed E-state index contributed by atoms with van der Waals surface area (Å²) in [6.07, 6.45) is 0.450. The molecule has 0 aliphatic carbocycles. The van der Waals surface area contributed by atoms with E-state index < -0.39 is 0 Å². The van der Waals surface area contributed by atoms with Crippen molar-refractivity contribution < 1.29 is 19.1 Å². The summed E-state index contributed by atoms with van der Waals surface area (Å²) in [7, 11) is 0. The number of hydrogen-bond donors (Lipinski definition) is 2. The molecule has 2 aromatic rings. The molecule has 0 saturated heterocycles. The van der Waals surface area contributed by atoms with Crippen LogP contribution in [0.1, 0.15) is 36.2 Å². The smallest absolute Gasteiger partial charge is 0.258 e. The molecule has 2 amide bonds. The van der Waals surface area contributed by atoms with Gasteiger partial charge in [-0.1, -0.05) is 19.1 Å². The average molecular weight is 354 g/mol. The van der Waals surface area contributed by atoms with E-state index in [4.69, 9.17) is 4.74 Å². The highest BCUT2D eigenvalue weighted by Crippen LogP contribution is 2.13. The molecule has 0 radical (unpaired) electrons. The van der Waals surface area contributed by atoms with Gasteiger partial charge >= 0.3 is 0 Å². The number of carbonyl (C=O) groups excluding carboxylic acids is 3. The summed E-state index contributed by atoms with van der Waals surface area (Å²) in [5.74, 6) is 0.186. The molecule has 26 heavy (non-hydrogen) atoms. The van der Waals surface area contributed by atoms with E-state index in [9.17, 15) is 14.4 Å². The van der Waals surface area contributed by atoms with E-state index in [0.717, 1.165) is 5.56 Å². The normalized spacial score (nSPS) is 10.1. The molecule has 2 N–H and O–H groups in total. The van der Waals surface area contributed by atoms with Crippen molar-refractivity contribution in [2.24, 2.45) is 0 Å². The Morgan fingerprint density at radius 3 is 2.42 bits per heavy atom. The number of benzene rings is 2. The molecule has 0 spiro atoms. The molecule has 0 bridgehead atoms. The van der Waals surface area contributed by atoms with Crippen LogP contribution < -0.4 is 15.4 Å². The van der Waals surface area contributed by atoms with E-state index in [1.807, 2.05) is 19.1 Å². The van der Waals surface area contributed by atoms with Gasteiger partial charge in [-0.2, -0.15) is 0 Å². The van der Waals surface area contributed by atoms with Gasteiger partial charge in [0.1, 0.15) is 5.75 Å². The van der Waals surface area contributed by atoms with E-state index in [1.54, 1.807) is 36.4 Å². The molecule has 2 aromatic carbocycles. The third kappa shape index (κ3) is 6.05. The van der Waals surface area contributed by atoms with Crippen molar-refractivity contribution in [3.05, 3.63) is 59.7 Å². The van der Waals surface area contributed by atoms with E-state index in [-0.39, 0.29) is 24.2 Å². The van der Waals surface area contributed by atoms with Crippen LogP contribution in [0, 0.1) is 0 Å². The molecule has 0 saturated carbocycles. The fourth-order valence-corrected chi connectivity index (χ4v) is 2.30. The fourth-order valence-electron chi connectivity index (χ4n) is 2.30. The van der Waals surface area contributed by atoms with Crippen LogP contribution in [0.5, 0.6) is 5.75 Å². The second kappa shape index (κ2) is 9.36. The average Bonchev–Trinajstić information content (AvgIpc) is 2.64. The first kappa shape index (κ1) is 19.2. The molecule has 0 atom stereocenters. The molecule has 0 heterocycles. The van der Waals surface area contributed by atoms with E-state index in [0.29, 0.717) is 30.0 Å². The molecule has 136 valence electrons. The summed E-state index contributed by atoms with van der Waals surface area (Å²) in [5.41, 5.74) is 2.18. The number of ketones is 1. The summed E-state index contributed by atoms with van der Waals surface area (Å²) in [4.78, 5) is 34.5. The molecule has 0 aliphatic heterocycles. The summed E-state index contributed by atoms with van der Waals surface area (Å²) in [6, 6.07) is 14.0. The molecular formula is C20H22N2O4. The second-order valence-electron chi connectivity index (χ2n) is 5.75. The van der Waals surface area contributed by atoms with Crippen LogP contribution >= 0.6 is 0 Å². The highest BCUT2D eigenvalue weighted by atomic mass is 16.5. The topological polar surface area (TPSA) is 84.5 Å². The van der Waals surface area contributed by atoms with E-state index in [2.05, 4.69) is 10.6 Å². The molecule has 2 rings (SSSR count). The van der Waals surface area contributed by atoms with Crippen LogP contribution in [0.2, 0.25) is 0 Å². The molecule has 0 fully saturated rings. The molecular weight excluding hydrogens is 332 g/mol. The van der Waals surface area contributed by atoms with Gasteiger partial charge in [0.25, 0.3) is 5.91 Å². The van der Waals surface area contributed by atoms with Gasteiger partial charge in [0.05, 0.1) is 0 Å². The van der Waals surface area contributed by atoms with Gasteiger partial charge in [-0.15, -0.1) is 0 Å². The lowest BCUT2D eigenvalue weighted by Gasteiger charge is -2.09. The van der Waals surface area contributed by atoms with Crippen LogP contribution in [-0.4, -0.2) is 24.2 Å². The van der Waals surface area contributed by atoms with Crippen molar-refractivity contribution in [1.29, 1.82) is 0 Å². The molecule has 6 heteroatoms. The maximum atomic E-state index is 11.9. The van der Waals surface area contributed by atoms with Crippen LogP contribution in [0.15, 0.2) is 48.5 Å². The quantitative estimate of drug-likeness (QED) is 0.714. The summed E-state index contributed by atoms with van der Waals surface area (Å²) in [6.45, 7) is 3.46. The Labute approximate surface area is 152 Å². The number of ether oxygens (including phenoxy) is 1. The van der Waals surface area contributed by atoms with Gasteiger partial charge in [0.15, 0.2) is 12.4 Å². The predicted molar refractivity (Wildman–Crippen MR) is 99.2 cm³/mol. The first-order valence-corrected chi connectivity index (χ1v) is 8.37. The number of Topliss-reactive ketones (excluding diaryl/α,β-unsaturated/α-hetero) is 1. The van der Waals surface area contributed by atoms with Crippen LogP contribution in [0.4, 0.5) is 5.69 Å². The number of anilines is 1. The lowest BCUT2D eigenvalue weighted by Crippen LogP contribution is -2.28. The van der Waals surface area contributed by atoms with Crippen molar-refractivity contribution in [2.75, 3.05) is 11.9 Å². The Balaban J connectivity index is 1.80. The first-order chi connectivity index (χ1) is 12.5. The lowest BCUT2D eigenvalue weighted by molar-refractivity contribution is -0.123. The Hall–Kier alpha value is -3.15. The van der Waals surface area contributed by atoms with Crippen LogP contribution in [0.3, 0.4) is 0 Å². The monoisotopic (exact) mass is 354 g/mol. The zero-order valence-electron chi connectivity index (χ0n) is 14.9. The maximum absolute atomic E-state index is 11.9. The highest BCUT2D eigenvalue weighted by Gasteiger charge is 2.06. The third-order valence-electron chi connectivity index (χ3n) is 3.60. The van der Waals surface area contributed by atoms with Gasteiger partial charge in [0.2, 0.25) is 5.91 Å². The van der Waals surface area contributed by atoms with Crippen molar-refractivity contribution in [1.82, 2.24) is 5.32 Å². The van der Waals surface area contributed by atoms with E-state index >= 15 is 0 Å². The molecule has 0 aromatic heterocycles. The zero-order chi connectivity index (χ0) is 18.9. The third-order valence-corrected chi connectivity index (χ3v) is 3.60. The number of hydrogen-bond acceptors (Lipinski definition) is 4. The Bertz CT molecular complexity index is 785. The molecule has 6 nitrogen and oxygen atoms in total. The Morgan fingerprint density at radius 2 is 1.77 bits per heavy atom. The van der Waals surface area contributed by atoms with Gasteiger partial charge in [-0.25, -0.2) is 0 Å². The largest absolute Gasteiger partial charge is 0.484 e. The Kier molecular flexibility index (Phi) is 6.91. The van der Waals surface area contributed by atoms with Crippen molar-refractivity contribution in [2.45, 2.75) is 26.8 Å². The van der Waals surface area contributed by atoms with Crippen LogP contribution in [-0.2, 0) is 16.1 Å². The fraction of sp³-hybridized carbons (Fsp3) is 0.250. The maximum Gasteiger partial charge on any atom is 0.258 e. The zero-order valence-corrected chi connectivity index (χ0v) is 14.9. The van der Waals surface area contributed by atoms with Gasteiger partial charge in [0, 0.05) is 31.1 Å². The Morgan fingerprint density at radius 1 is 1.04 bits per heavy atom. The van der Waals surface area contributed by atoms with Crippen molar-refractivity contribution in [3.63, 3.8) is 0 Å². The predicted octanol–water partition coefficient (Wildman–Crippen LogP) is 2.93. The minimum absolute atomic E-state index is 0.0655. The number of amides is 2. The number of rotatable bonds is 8. The second-order valence-corrected chi connectivity index (χ2v) is 5.75. The summed E-state index contributed by atoms with van der Waals surface area (Å²) in [5, 5.41) is 5.45. The van der Waals surface area contributed by atoms with Crippen LogP contribution in [0.25, 0.3) is 0 Å². The van der Waals surface area contributed by atoms with Gasteiger partial charge in [-0.3, -0.25) is 14.4 Å². The van der Waals surface area contributed by atoms with Crippen molar-refractivity contribution >= 4 is 23.3 Å². The van der Waals surface area contributed by atoms with Gasteiger partial charge < -0.3 is 15.4 Å². The standard InChI is InChI=1S/C20H22N2O4/c1-3-19(24)16-7-9-18(10-8-16)26-13-20(25)21-12-15-5-4-6-17(11-15)22-14(2)23/h4-11H,3,12-13H2,1-2H3,(H,21,25)(H,22,23). The lowest BCUT2D eigenvalue weighted by atomic mass is 10.1. The minimum Gasteiger partial charge on any atom is -0.484 e. The minimum atomic E-state index is -0.261. The number of nitrogens with one attached hydrogen (secondary N) is 2. The molecule has 0 unspecified atom stereocenters. The molecule has 0 aliphatic rings. The summed E-state index contributed by atoms with van der Waals surface area (Å²) >= 11 is 0. The SMILES string of the molecule is CCC(=O)c1ccc(OCC(=O)NCc2cccc(NC(C)=O)c2)cc1. The van der Waals surface area contributed by atoms with Gasteiger partial charge in [-0.05, 0) is 42.0 Å². The first-order valence-electron chi connectivity index (χ1n) is 8.37.